The predicted molar refractivity (Wildman–Crippen MR) is 105 cm³/mol. The van der Waals surface area contributed by atoms with Crippen molar-refractivity contribution >= 4 is 46.2 Å². The maximum absolute atomic E-state index is 12.6. The van der Waals surface area contributed by atoms with Gasteiger partial charge < -0.3 is 14.4 Å². The molecule has 3 rings (SSSR count). The summed E-state index contributed by atoms with van der Waals surface area (Å²) in [5, 5.41) is 0. The molecule has 0 bridgehead atoms. The second-order valence-corrected chi connectivity index (χ2v) is 7.53. The first-order valence-electron chi connectivity index (χ1n) is 8.33. The molecular formula is C18H20N2O4S2. The Morgan fingerprint density at radius 2 is 2.15 bits per heavy atom. The molecule has 0 atom stereocenters. The molecule has 0 N–H and O–H groups in total. The number of methoxy groups -OCH3 is 1. The van der Waals surface area contributed by atoms with Crippen LogP contribution in [0.3, 0.4) is 0 Å². The molecule has 6 nitrogen and oxygen atoms in total. The van der Waals surface area contributed by atoms with Crippen LogP contribution in [0.4, 0.5) is 0 Å². The van der Waals surface area contributed by atoms with Gasteiger partial charge in [0.2, 0.25) is 5.91 Å². The molecule has 2 aliphatic heterocycles. The number of benzene rings is 1. The predicted octanol–water partition coefficient (Wildman–Crippen LogP) is 2.15. The smallest absolute Gasteiger partial charge is 0.266 e. The summed E-state index contributed by atoms with van der Waals surface area (Å²) in [5.41, 5.74) is 0.870. The Balaban J connectivity index is 1.63. The minimum atomic E-state index is -0.155. The lowest BCUT2D eigenvalue weighted by Crippen LogP contribution is -2.42. The number of amides is 2. The van der Waals surface area contributed by atoms with Crippen molar-refractivity contribution in [2.75, 3.05) is 40.0 Å². The molecule has 0 unspecified atom stereocenters. The van der Waals surface area contributed by atoms with Crippen LogP contribution < -0.4 is 4.74 Å². The van der Waals surface area contributed by atoms with Gasteiger partial charge in [-0.15, -0.1) is 0 Å². The molecular weight excluding hydrogens is 372 g/mol. The van der Waals surface area contributed by atoms with Gasteiger partial charge >= 0.3 is 0 Å². The highest BCUT2D eigenvalue weighted by molar-refractivity contribution is 8.26. The van der Waals surface area contributed by atoms with Crippen LogP contribution in [0, 0.1) is 0 Å². The third-order valence-electron chi connectivity index (χ3n) is 4.18. The third-order valence-corrected chi connectivity index (χ3v) is 5.56. The van der Waals surface area contributed by atoms with E-state index in [0.717, 1.165) is 11.3 Å². The Bertz CT molecular complexity index is 744. The van der Waals surface area contributed by atoms with Crippen LogP contribution in [0.2, 0.25) is 0 Å². The van der Waals surface area contributed by atoms with Crippen molar-refractivity contribution in [1.29, 1.82) is 0 Å². The number of rotatable bonds is 5. The van der Waals surface area contributed by atoms with Gasteiger partial charge in [-0.05, 0) is 23.8 Å². The molecule has 0 spiro atoms. The molecule has 2 aliphatic rings. The highest BCUT2D eigenvalue weighted by atomic mass is 32.2. The average Bonchev–Trinajstić information content (AvgIpc) is 2.93. The number of nitrogens with zero attached hydrogens (tertiary/aromatic N) is 2. The lowest BCUT2D eigenvalue weighted by Gasteiger charge is -2.27. The van der Waals surface area contributed by atoms with Crippen LogP contribution >= 0.6 is 24.0 Å². The first kappa shape index (κ1) is 18.9. The van der Waals surface area contributed by atoms with Crippen molar-refractivity contribution in [3.63, 3.8) is 0 Å². The number of ether oxygens (including phenoxy) is 2. The molecule has 0 radical (unpaired) electrons. The summed E-state index contributed by atoms with van der Waals surface area (Å²) in [5.74, 6) is 0.599. The van der Waals surface area contributed by atoms with Crippen molar-refractivity contribution in [3.05, 3.63) is 34.7 Å². The minimum absolute atomic E-state index is 0.0270. The largest absolute Gasteiger partial charge is 0.497 e. The van der Waals surface area contributed by atoms with Crippen LogP contribution in [0.1, 0.15) is 12.0 Å². The molecule has 8 heteroatoms. The molecule has 2 saturated heterocycles. The maximum atomic E-state index is 12.6. The molecule has 0 aromatic heterocycles. The number of morpholine rings is 1. The molecule has 0 saturated carbocycles. The fraction of sp³-hybridized carbons (Fsp3) is 0.389. The van der Waals surface area contributed by atoms with Crippen LogP contribution in [0.25, 0.3) is 6.08 Å². The number of thiocarbonyl (C=S) groups is 1. The van der Waals surface area contributed by atoms with Crippen LogP contribution in [-0.2, 0) is 14.3 Å². The Labute approximate surface area is 162 Å². The summed E-state index contributed by atoms with van der Waals surface area (Å²) in [6, 6.07) is 7.47. The SMILES string of the molecule is COc1cccc(/C=C2\SC(=S)N(CCC(=O)N3CCOCC3)C2=O)c1. The van der Waals surface area contributed by atoms with E-state index in [4.69, 9.17) is 21.7 Å². The average molecular weight is 393 g/mol. The Kier molecular flexibility index (Phi) is 6.29. The van der Waals surface area contributed by atoms with Crippen LogP contribution in [0.15, 0.2) is 29.2 Å². The first-order chi connectivity index (χ1) is 12.6. The van der Waals surface area contributed by atoms with E-state index in [-0.39, 0.29) is 18.2 Å². The summed E-state index contributed by atoms with van der Waals surface area (Å²) >= 11 is 6.59. The summed E-state index contributed by atoms with van der Waals surface area (Å²) < 4.78 is 10.9. The van der Waals surface area contributed by atoms with Gasteiger partial charge in [0.15, 0.2) is 0 Å². The van der Waals surface area contributed by atoms with Gasteiger partial charge in [-0.25, -0.2) is 0 Å². The zero-order valence-electron chi connectivity index (χ0n) is 14.5. The van der Waals surface area contributed by atoms with Crippen LogP contribution in [-0.4, -0.2) is 65.9 Å². The van der Waals surface area contributed by atoms with E-state index < -0.39 is 0 Å². The standard InChI is InChI=1S/C18H20N2O4S2/c1-23-14-4-2-3-13(11-14)12-15-17(22)20(18(25)26-15)6-5-16(21)19-7-9-24-10-8-19/h2-4,11-12H,5-10H2,1H3/b15-12-. The number of hydrogen-bond donors (Lipinski definition) is 0. The summed E-state index contributed by atoms with van der Waals surface area (Å²) in [6.45, 7) is 2.64. The monoisotopic (exact) mass is 392 g/mol. The maximum Gasteiger partial charge on any atom is 0.266 e. The Hall–Kier alpha value is -1.90. The van der Waals surface area contributed by atoms with Crippen LogP contribution in [0.5, 0.6) is 5.75 Å². The third kappa shape index (κ3) is 4.44. The van der Waals surface area contributed by atoms with Gasteiger partial charge in [0, 0.05) is 26.1 Å². The van der Waals surface area contributed by atoms with Gasteiger partial charge in [-0.1, -0.05) is 36.1 Å². The Morgan fingerprint density at radius 1 is 1.38 bits per heavy atom. The molecule has 138 valence electrons. The normalized spacial score (nSPS) is 19.3. The van der Waals surface area contributed by atoms with Gasteiger partial charge in [0.1, 0.15) is 10.1 Å². The Morgan fingerprint density at radius 3 is 2.88 bits per heavy atom. The second kappa shape index (κ2) is 8.66. The quantitative estimate of drug-likeness (QED) is 0.565. The lowest BCUT2D eigenvalue weighted by molar-refractivity contribution is -0.135. The van der Waals surface area contributed by atoms with Crippen molar-refractivity contribution < 1.29 is 19.1 Å². The van der Waals surface area contributed by atoms with E-state index in [0.29, 0.717) is 42.1 Å². The van der Waals surface area contributed by atoms with Gasteiger partial charge in [-0.3, -0.25) is 14.5 Å². The molecule has 1 aromatic rings. The molecule has 2 amide bonds. The topological polar surface area (TPSA) is 59.1 Å². The fourth-order valence-electron chi connectivity index (χ4n) is 2.75. The van der Waals surface area contributed by atoms with Crippen molar-refractivity contribution in [1.82, 2.24) is 9.80 Å². The minimum Gasteiger partial charge on any atom is -0.497 e. The number of carbonyl (C=O) groups is 2. The molecule has 2 fully saturated rings. The summed E-state index contributed by atoms with van der Waals surface area (Å²) in [6.07, 6.45) is 2.06. The molecule has 26 heavy (non-hydrogen) atoms. The summed E-state index contributed by atoms with van der Waals surface area (Å²) in [7, 11) is 1.60. The lowest BCUT2D eigenvalue weighted by atomic mass is 10.2. The number of thioether (sulfide) groups is 1. The highest BCUT2D eigenvalue weighted by Crippen LogP contribution is 2.33. The van der Waals surface area contributed by atoms with Crippen molar-refractivity contribution in [2.45, 2.75) is 6.42 Å². The van der Waals surface area contributed by atoms with E-state index in [1.54, 1.807) is 18.1 Å². The van der Waals surface area contributed by atoms with Gasteiger partial charge in [0.05, 0.1) is 25.2 Å². The van der Waals surface area contributed by atoms with Gasteiger partial charge in [-0.2, -0.15) is 0 Å². The first-order valence-corrected chi connectivity index (χ1v) is 9.56. The zero-order valence-corrected chi connectivity index (χ0v) is 16.1. The second-order valence-electron chi connectivity index (χ2n) is 5.85. The molecule has 0 aliphatic carbocycles. The van der Waals surface area contributed by atoms with E-state index >= 15 is 0 Å². The van der Waals surface area contributed by atoms with E-state index in [1.165, 1.54) is 16.7 Å². The zero-order chi connectivity index (χ0) is 18.5. The highest BCUT2D eigenvalue weighted by Gasteiger charge is 2.32. The number of carbonyl (C=O) groups excluding carboxylic acids is 2. The van der Waals surface area contributed by atoms with Crippen molar-refractivity contribution in [2.24, 2.45) is 0 Å². The van der Waals surface area contributed by atoms with E-state index in [2.05, 4.69) is 0 Å². The number of hydrogen-bond acceptors (Lipinski definition) is 6. The summed E-state index contributed by atoms with van der Waals surface area (Å²) in [4.78, 5) is 28.7. The molecule has 2 heterocycles. The molecule has 1 aromatic carbocycles. The van der Waals surface area contributed by atoms with Crippen molar-refractivity contribution in [3.8, 4) is 5.75 Å². The fourth-order valence-corrected chi connectivity index (χ4v) is 4.06. The van der Waals surface area contributed by atoms with E-state index in [1.807, 2.05) is 24.3 Å². The van der Waals surface area contributed by atoms with E-state index in [9.17, 15) is 9.59 Å². The van der Waals surface area contributed by atoms with Gasteiger partial charge in [0.25, 0.3) is 5.91 Å².